The van der Waals surface area contributed by atoms with Gasteiger partial charge in [-0.15, -0.1) is 0 Å². The Bertz CT molecular complexity index is 1050. The number of nitrogens with one attached hydrogen (secondary N) is 2. The fourth-order valence-corrected chi connectivity index (χ4v) is 4.15. The zero-order valence-electron chi connectivity index (χ0n) is 22.2. The first kappa shape index (κ1) is 28.8. The molecule has 0 fully saturated rings. The summed E-state index contributed by atoms with van der Waals surface area (Å²) in [5, 5.41) is 6.49. The summed E-state index contributed by atoms with van der Waals surface area (Å²) in [6.45, 7) is 12.6. The zero-order valence-corrected chi connectivity index (χ0v) is 22.2. The van der Waals surface area contributed by atoms with Crippen LogP contribution < -0.4 is 10.6 Å². The van der Waals surface area contributed by atoms with Gasteiger partial charge in [-0.2, -0.15) is 0 Å². The Morgan fingerprint density at radius 3 is 2.11 bits per heavy atom. The topological polar surface area (TPSA) is 103 Å². The van der Waals surface area contributed by atoms with E-state index < -0.39 is 23.8 Å². The van der Waals surface area contributed by atoms with Crippen LogP contribution in [0.15, 0.2) is 52.4 Å². The van der Waals surface area contributed by atoms with Crippen molar-refractivity contribution in [1.82, 2.24) is 10.6 Å². The van der Waals surface area contributed by atoms with E-state index in [2.05, 4.69) is 10.6 Å². The number of rotatable bonds is 12. The Labute approximate surface area is 213 Å². The molecule has 8 heteroatoms. The molecule has 0 bridgehead atoms. The highest BCUT2D eigenvalue weighted by Gasteiger charge is 2.39. The number of likely N-dealkylation sites (N-methyl/N-ethyl adjacent to an activating group) is 1. The van der Waals surface area contributed by atoms with Crippen molar-refractivity contribution in [2.75, 3.05) is 32.9 Å². The van der Waals surface area contributed by atoms with Crippen molar-refractivity contribution in [3.05, 3.63) is 63.5 Å². The highest BCUT2D eigenvalue weighted by atomic mass is 16.5. The molecule has 0 amide bonds. The van der Waals surface area contributed by atoms with Gasteiger partial charge in [0.05, 0.1) is 36.9 Å². The molecule has 196 valence electrons. The molecule has 0 saturated carbocycles. The molecule has 0 saturated heterocycles. The average molecular weight is 499 g/mol. The van der Waals surface area contributed by atoms with E-state index in [1.54, 1.807) is 33.8 Å². The quantitative estimate of drug-likeness (QED) is 0.253. The van der Waals surface area contributed by atoms with Crippen LogP contribution in [-0.4, -0.2) is 50.8 Å². The van der Waals surface area contributed by atoms with Gasteiger partial charge < -0.3 is 24.8 Å². The molecule has 0 spiro atoms. The molecule has 1 atom stereocenters. The Morgan fingerprint density at radius 2 is 1.53 bits per heavy atom. The smallest absolute Gasteiger partial charge is 0.336 e. The van der Waals surface area contributed by atoms with Crippen LogP contribution >= 0.6 is 0 Å². The molecule has 1 aromatic rings. The second-order valence-electron chi connectivity index (χ2n) is 8.08. The van der Waals surface area contributed by atoms with E-state index >= 15 is 0 Å². The van der Waals surface area contributed by atoms with Crippen molar-refractivity contribution in [2.45, 2.75) is 53.9 Å². The first-order chi connectivity index (χ1) is 17.3. The first-order valence-corrected chi connectivity index (χ1v) is 12.6. The summed E-state index contributed by atoms with van der Waals surface area (Å²) in [6, 6.07) is 7.41. The molecule has 1 aliphatic rings. The van der Waals surface area contributed by atoms with Gasteiger partial charge in [0.25, 0.3) is 0 Å². The van der Waals surface area contributed by atoms with Crippen molar-refractivity contribution in [1.29, 1.82) is 0 Å². The largest absolute Gasteiger partial charge is 0.463 e. The van der Waals surface area contributed by atoms with E-state index in [0.29, 0.717) is 58.8 Å². The predicted octanol–water partition coefficient (Wildman–Crippen LogP) is 3.99. The highest BCUT2D eigenvalue weighted by Crippen LogP contribution is 2.41. The number of allylic oxidation sites excluding steroid dienone is 1. The maximum atomic E-state index is 13.4. The van der Waals surface area contributed by atoms with Crippen molar-refractivity contribution >= 4 is 24.0 Å². The second-order valence-corrected chi connectivity index (χ2v) is 8.08. The minimum Gasteiger partial charge on any atom is -0.463 e. The summed E-state index contributed by atoms with van der Waals surface area (Å²) in [5.74, 6) is -2.19. The number of carbonyl (C=O) groups excluding carboxylic acids is 3. The lowest BCUT2D eigenvalue weighted by atomic mass is 9.78. The third-order valence-corrected chi connectivity index (χ3v) is 5.74. The Hall–Kier alpha value is -3.39. The molecule has 1 aliphatic heterocycles. The summed E-state index contributed by atoms with van der Waals surface area (Å²) < 4.78 is 16.1. The molecule has 0 aliphatic carbocycles. The fraction of sp³-hybridized carbons (Fsp3) is 0.464. The van der Waals surface area contributed by atoms with Crippen LogP contribution in [0, 0.1) is 0 Å². The lowest BCUT2D eigenvalue weighted by molar-refractivity contribution is -0.140. The maximum absolute atomic E-state index is 13.4. The molecule has 0 aromatic heterocycles. The monoisotopic (exact) mass is 498 g/mol. The van der Waals surface area contributed by atoms with Gasteiger partial charge in [-0.25, -0.2) is 14.4 Å². The molecular formula is C28H38N2O6. The van der Waals surface area contributed by atoms with Crippen LogP contribution in [0.1, 0.15) is 65.0 Å². The molecule has 2 rings (SSSR count). The molecule has 1 aromatic carbocycles. The third kappa shape index (κ3) is 6.85. The van der Waals surface area contributed by atoms with Crippen molar-refractivity contribution in [3.63, 3.8) is 0 Å². The van der Waals surface area contributed by atoms with Gasteiger partial charge in [-0.3, -0.25) is 0 Å². The number of carbonyl (C=O) groups is 3. The lowest BCUT2D eigenvalue weighted by Crippen LogP contribution is -2.37. The minimum absolute atomic E-state index is 0.186. The zero-order chi connectivity index (χ0) is 26.7. The molecule has 1 heterocycles. The number of hydrogen-bond acceptors (Lipinski definition) is 8. The van der Waals surface area contributed by atoms with Crippen LogP contribution in [0.4, 0.5) is 0 Å². The molecule has 1 unspecified atom stereocenters. The van der Waals surface area contributed by atoms with Gasteiger partial charge in [-0.05, 0) is 57.9 Å². The van der Waals surface area contributed by atoms with Crippen LogP contribution in [-0.2, 0) is 28.6 Å². The van der Waals surface area contributed by atoms with Crippen molar-refractivity contribution < 1.29 is 28.6 Å². The normalized spacial score (nSPS) is 15.9. The standard InChI is InChI=1S/C28H38N2O6/c1-7-19(26(31)34-9-3)16-20-14-12-13-15-21(20)24-23(27(32)35-10-4)18(6)30-22(17-29-8-2)25(24)28(33)36-11-5/h12-16,24,29-30H,7-11,17H2,1-6H3/b19-16+. The van der Waals surface area contributed by atoms with Gasteiger partial charge in [0.15, 0.2) is 0 Å². The van der Waals surface area contributed by atoms with Crippen LogP contribution in [0.25, 0.3) is 6.08 Å². The SMILES string of the molecule is CCNCC1=C(C(=O)OCC)C(c2ccccc2/C=C(\CC)C(=O)OCC)C(C(=O)OCC)=C(C)N1. The summed E-state index contributed by atoms with van der Waals surface area (Å²) >= 11 is 0. The Morgan fingerprint density at radius 1 is 0.917 bits per heavy atom. The van der Waals surface area contributed by atoms with Crippen LogP contribution in [0.3, 0.4) is 0 Å². The van der Waals surface area contributed by atoms with E-state index in [4.69, 9.17) is 14.2 Å². The molecule has 36 heavy (non-hydrogen) atoms. The molecule has 2 N–H and O–H groups in total. The van der Waals surface area contributed by atoms with Crippen molar-refractivity contribution in [3.8, 4) is 0 Å². The third-order valence-electron chi connectivity index (χ3n) is 5.74. The van der Waals surface area contributed by atoms with E-state index in [-0.39, 0.29) is 19.8 Å². The lowest BCUT2D eigenvalue weighted by Gasteiger charge is -2.32. The van der Waals surface area contributed by atoms with Gasteiger partial charge in [0, 0.05) is 23.5 Å². The summed E-state index contributed by atoms with van der Waals surface area (Å²) in [4.78, 5) is 39.1. The fourth-order valence-electron chi connectivity index (χ4n) is 4.15. The number of dihydropyridines is 1. The second kappa shape index (κ2) is 14.2. The summed E-state index contributed by atoms with van der Waals surface area (Å²) in [6.07, 6.45) is 2.23. The van der Waals surface area contributed by atoms with E-state index in [0.717, 1.165) is 0 Å². The summed E-state index contributed by atoms with van der Waals surface area (Å²) in [5.41, 5.74) is 3.77. The van der Waals surface area contributed by atoms with Gasteiger partial charge in [0.2, 0.25) is 0 Å². The van der Waals surface area contributed by atoms with Crippen LogP contribution in [0.2, 0.25) is 0 Å². The number of ether oxygens (including phenoxy) is 3. The first-order valence-electron chi connectivity index (χ1n) is 12.6. The molecular weight excluding hydrogens is 460 g/mol. The summed E-state index contributed by atoms with van der Waals surface area (Å²) in [7, 11) is 0. The number of benzene rings is 1. The predicted molar refractivity (Wildman–Crippen MR) is 139 cm³/mol. The van der Waals surface area contributed by atoms with E-state index in [1.807, 2.05) is 38.1 Å². The van der Waals surface area contributed by atoms with Gasteiger partial charge in [0.1, 0.15) is 0 Å². The van der Waals surface area contributed by atoms with E-state index in [1.165, 1.54) is 0 Å². The maximum Gasteiger partial charge on any atom is 0.336 e. The Kier molecular flexibility index (Phi) is 11.4. The highest BCUT2D eigenvalue weighted by molar-refractivity contribution is 6.01. The minimum atomic E-state index is -0.759. The van der Waals surface area contributed by atoms with Crippen molar-refractivity contribution in [2.24, 2.45) is 0 Å². The van der Waals surface area contributed by atoms with Gasteiger partial charge in [-0.1, -0.05) is 38.1 Å². The van der Waals surface area contributed by atoms with Crippen LogP contribution in [0.5, 0.6) is 0 Å². The number of esters is 3. The van der Waals surface area contributed by atoms with Gasteiger partial charge >= 0.3 is 17.9 Å². The number of hydrogen-bond donors (Lipinski definition) is 2. The molecule has 0 radical (unpaired) electrons. The Balaban J connectivity index is 2.84. The van der Waals surface area contributed by atoms with E-state index in [9.17, 15) is 14.4 Å². The molecule has 8 nitrogen and oxygen atoms in total. The average Bonchev–Trinajstić information content (AvgIpc) is 2.86.